The van der Waals surface area contributed by atoms with Crippen molar-refractivity contribution in [1.82, 2.24) is 29.7 Å². The fraction of sp³-hybridized carbons (Fsp3) is 0.304. The van der Waals surface area contributed by atoms with Gasteiger partial charge in [-0.3, -0.25) is 14.8 Å². The summed E-state index contributed by atoms with van der Waals surface area (Å²) < 4.78 is 53.3. The quantitative estimate of drug-likeness (QED) is 0.435. The van der Waals surface area contributed by atoms with E-state index in [1.807, 2.05) is 6.07 Å². The second-order valence-electron chi connectivity index (χ2n) is 8.40. The summed E-state index contributed by atoms with van der Waals surface area (Å²) in [4.78, 5) is 27.9. The third kappa shape index (κ3) is 3.92. The van der Waals surface area contributed by atoms with Gasteiger partial charge in [-0.25, -0.2) is 14.1 Å². The molecule has 8 nitrogen and oxygen atoms in total. The summed E-state index contributed by atoms with van der Waals surface area (Å²) in [5.74, 6) is -0.313. The van der Waals surface area contributed by atoms with Crippen molar-refractivity contribution in [2.45, 2.75) is 43.8 Å². The molecule has 0 spiro atoms. The second-order valence-corrected chi connectivity index (χ2v) is 8.40. The van der Waals surface area contributed by atoms with Gasteiger partial charge < -0.3 is 4.98 Å². The van der Waals surface area contributed by atoms with Crippen LogP contribution in [0.5, 0.6) is 0 Å². The van der Waals surface area contributed by atoms with Gasteiger partial charge in [0.25, 0.3) is 5.56 Å². The van der Waals surface area contributed by atoms with Crippen molar-refractivity contribution < 1.29 is 17.6 Å². The lowest BCUT2D eigenvalue weighted by molar-refractivity contribution is -0.141. The number of hydrogen-bond donors (Lipinski definition) is 1. The molecule has 3 atom stereocenters. The molecule has 4 aromatic heterocycles. The molecular formula is C23H17F4N7O. The summed E-state index contributed by atoms with van der Waals surface area (Å²) in [6.45, 7) is 1.66. The van der Waals surface area contributed by atoms with E-state index < -0.39 is 29.3 Å². The standard InChI is InChI=1S/C23H17F4N7O/c1-11(12-2-7-18(30-9-12)23(25,26)27)34-21-19(17(8-28)33-34)22(35)32-20(31-21)15-5-4-14(15)16-6-3-13(24)10-29-16/h2-3,6-7,9-11,14-15H,4-5H2,1H3,(H,31,32,35)/t11-,14?,15?/m0/s1. The number of aromatic nitrogens is 6. The zero-order chi connectivity index (χ0) is 24.9. The number of nitriles is 1. The first kappa shape index (κ1) is 22.6. The van der Waals surface area contributed by atoms with Crippen LogP contribution in [0.3, 0.4) is 0 Å². The van der Waals surface area contributed by atoms with Crippen molar-refractivity contribution in [2.75, 3.05) is 0 Å². The number of pyridine rings is 2. The molecule has 1 saturated carbocycles. The highest BCUT2D eigenvalue weighted by atomic mass is 19.4. The van der Waals surface area contributed by atoms with Gasteiger partial charge in [0.1, 0.15) is 28.8 Å². The molecule has 0 bridgehead atoms. The average molecular weight is 483 g/mol. The Balaban J connectivity index is 1.56. The highest BCUT2D eigenvalue weighted by Crippen LogP contribution is 2.47. The first-order chi connectivity index (χ1) is 16.7. The van der Waals surface area contributed by atoms with Gasteiger partial charge in [0.2, 0.25) is 0 Å². The van der Waals surface area contributed by atoms with E-state index in [9.17, 15) is 27.6 Å². The van der Waals surface area contributed by atoms with Crippen LogP contribution in [0.15, 0.2) is 41.5 Å². The van der Waals surface area contributed by atoms with E-state index in [0.717, 1.165) is 31.3 Å². The van der Waals surface area contributed by atoms with Crippen molar-refractivity contribution in [2.24, 2.45) is 0 Å². The Morgan fingerprint density at radius 1 is 1.14 bits per heavy atom. The Morgan fingerprint density at radius 2 is 1.91 bits per heavy atom. The smallest absolute Gasteiger partial charge is 0.310 e. The molecule has 4 heterocycles. The summed E-state index contributed by atoms with van der Waals surface area (Å²) in [5.41, 5.74) is -0.488. The van der Waals surface area contributed by atoms with Crippen molar-refractivity contribution in [3.63, 3.8) is 0 Å². The largest absolute Gasteiger partial charge is 0.433 e. The summed E-state index contributed by atoms with van der Waals surface area (Å²) in [5, 5.41) is 13.7. The van der Waals surface area contributed by atoms with Crippen molar-refractivity contribution >= 4 is 11.0 Å². The minimum atomic E-state index is -4.57. The molecular weight excluding hydrogens is 466 g/mol. The van der Waals surface area contributed by atoms with Crippen LogP contribution in [0.4, 0.5) is 17.6 Å². The fourth-order valence-electron chi connectivity index (χ4n) is 4.34. The van der Waals surface area contributed by atoms with Crippen LogP contribution in [-0.4, -0.2) is 29.7 Å². The van der Waals surface area contributed by atoms with Crippen LogP contribution in [-0.2, 0) is 6.18 Å². The third-order valence-corrected chi connectivity index (χ3v) is 6.37. The number of hydrogen-bond acceptors (Lipinski definition) is 6. The van der Waals surface area contributed by atoms with Crippen molar-refractivity contribution in [3.8, 4) is 6.07 Å². The monoisotopic (exact) mass is 483 g/mol. The molecule has 1 fully saturated rings. The Hall–Kier alpha value is -4.14. The maximum Gasteiger partial charge on any atom is 0.433 e. The first-order valence-electron chi connectivity index (χ1n) is 10.7. The highest BCUT2D eigenvalue weighted by molar-refractivity contribution is 5.80. The lowest BCUT2D eigenvalue weighted by Crippen LogP contribution is -2.27. The van der Waals surface area contributed by atoms with E-state index in [-0.39, 0.29) is 28.6 Å². The lowest BCUT2D eigenvalue weighted by atomic mass is 9.71. The third-order valence-electron chi connectivity index (χ3n) is 6.37. The maximum atomic E-state index is 13.3. The van der Waals surface area contributed by atoms with Gasteiger partial charge in [-0.1, -0.05) is 6.07 Å². The highest BCUT2D eigenvalue weighted by Gasteiger charge is 2.37. The van der Waals surface area contributed by atoms with Crippen LogP contribution in [0.1, 0.15) is 66.1 Å². The second kappa shape index (κ2) is 8.26. The summed E-state index contributed by atoms with van der Waals surface area (Å²) in [6, 6.07) is 6.28. The number of rotatable bonds is 4. The molecule has 4 aromatic rings. The van der Waals surface area contributed by atoms with E-state index in [0.29, 0.717) is 17.1 Å². The molecule has 0 aromatic carbocycles. The molecule has 2 unspecified atom stereocenters. The van der Waals surface area contributed by atoms with E-state index in [1.54, 1.807) is 13.0 Å². The molecule has 35 heavy (non-hydrogen) atoms. The molecule has 1 aliphatic rings. The average Bonchev–Trinajstić information content (AvgIpc) is 3.18. The number of H-pyrrole nitrogens is 1. The van der Waals surface area contributed by atoms with Gasteiger partial charge in [0.05, 0.1) is 12.2 Å². The van der Waals surface area contributed by atoms with Gasteiger partial charge in [-0.15, -0.1) is 0 Å². The van der Waals surface area contributed by atoms with Gasteiger partial charge in [0, 0.05) is 23.7 Å². The van der Waals surface area contributed by atoms with E-state index in [1.165, 1.54) is 16.8 Å². The van der Waals surface area contributed by atoms with E-state index in [2.05, 4.69) is 25.0 Å². The molecule has 1 aliphatic carbocycles. The molecule has 0 aliphatic heterocycles. The zero-order valence-electron chi connectivity index (χ0n) is 18.2. The SMILES string of the molecule is C[C@@H](c1ccc(C(F)(F)F)nc1)n1nc(C#N)c2c(=O)[nH]c(C3CCC3c3ccc(F)cn3)nc21. The van der Waals surface area contributed by atoms with Crippen LogP contribution >= 0.6 is 0 Å². The van der Waals surface area contributed by atoms with Crippen LogP contribution in [0.2, 0.25) is 0 Å². The molecule has 0 saturated heterocycles. The van der Waals surface area contributed by atoms with Gasteiger partial charge in [-0.05, 0) is 43.5 Å². The topological polar surface area (TPSA) is 113 Å². The van der Waals surface area contributed by atoms with Gasteiger partial charge in [0.15, 0.2) is 11.3 Å². The summed E-state index contributed by atoms with van der Waals surface area (Å²) in [7, 11) is 0. The molecule has 0 radical (unpaired) electrons. The minimum Gasteiger partial charge on any atom is -0.310 e. The number of fused-ring (bicyclic) bond motifs is 1. The van der Waals surface area contributed by atoms with E-state index >= 15 is 0 Å². The Kier molecular flexibility index (Phi) is 5.35. The van der Waals surface area contributed by atoms with E-state index in [4.69, 9.17) is 0 Å². The van der Waals surface area contributed by atoms with Crippen molar-refractivity contribution in [1.29, 1.82) is 5.26 Å². The Labute approximate surface area is 195 Å². The lowest BCUT2D eigenvalue weighted by Gasteiger charge is -2.35. The predicted octanol–water partition coefficient (Wildman–Crippen LogP) is 4.21. The normalized spacial score (nSPS) is 18.7. The first-order valence-corrected chi connectivity index (χ1v) is 10.7. The van der Waals surface area contributed by atoms with Crippen LogP contribution < -0.4 is 5.56 Å². The molecule has 0 amide bonds. The molecule has 12 heteroatoms. The number of nitrogens with zero attached hydrogens (tertiary/aromatic N) is 6. The minimum absolute atomic E-state index is 0.00116. The zero-order valence-corrected chi connectivity index (χ0v) is 18.2. The van der Waals surface area contributed by atoms with Crippen LogP contribution in [0.25, 0.3) is 11.0 Å². The number of halogens is 4. The Bertz CT molecular complexity index is 1500. The fourth-order valence-corrected chi connectivity index (χ4v) is 4.34. The predicted molar refractivity (Wildman–Crippen MR) is 115 cm³/mol. The summed E-state index contributed by atoms with van der Waals surface area (Å²) >= 11 is 0. The maximum absolute atomic E-state index is 13.3. The van der Waals surface area contributed by atoms with Crippen LogP contribution in [0, 0.1) is 17.1 Å². The number of nitrogens with one attached hydrogen (secondary N) is 1. The van der Waals surface area contributed by atoms with Gasteiger partial charge >= 0.3 is 6.18 Å². The molecule has 1 N–H and O–H groups in total. The van der Waals surface area contributed by atoms with Crippen molar-refractivity contribution in [3.05, 3.63) is 81.3 Å². The molecule has 178 valence electrons. The number of aromatic amines is 1. The number of alkyl halides is 3. The van der Waals surface area contributed by atoms with Gasteiger partial charge in [-0.2, -0.15) is 23.5 Å². The Morgan fingerprint density at radius 3 is 2.49 bits per heavy atom. The molecule has 5 rings (SSSR count). The summed E-state index contributed by atoms with van der Waals surface area (Å²) in [6.07, 6.45) is -0.852.